The lowest BCUT2D eigenvalue weighted by molar-refractivity contribution is -0.157. The van der Waals surface area contributed by atoms with Crippen LogP contribution in [0.15, 0.2) is 11.8 Å². The monoisotopic (exact) mass is 653 g/mol. The molecule has 0 aromatic carbocycles. The van der Waals surface area contributed by atoms with Crippen LogP contribution in [0.1, 0.15) is 105 Å². The van der Waals surface area contributed by atoms with Crippen molar-refractivity contribution in [2.75, 3.05) is 32.7 Å². The SMILES string of the molecule is C[C@@H](O)[C@H]1CC[C@H]2[C@@H]3CC[C@H]4C[C@H](O)[C@@H](N5CCN(C(=O)[C@H]6CCCN6C(=O)C6=CC(=O)CC(C)(C)O6)CC5)C[C@]4(C)[C@H]3CC[C@]12C. The number of carbonyl (C=O) groups excluding carboxylic acids is 3. The first-order chi connectivity index (χ1) is 22.2. The van der Waals surface area contributed by atoms with Gasteiger partial charge in [0.05, 0.1) is 12.2 Å². The zero-order chi connectivity index (χ0) is 33.5. The number of allylic oxidation sites excluding steroid dienone is 1. The van der Waals surface area contributed by atoms with Crippen LogP contribution in [0, 0.1) is 40.4 Å². The Morgan fingerprint density at radius 2 is 1.66 bits per heavy atom. The summed E-state index contributed by atoms with van der Waals surface area (Å²) in [4.78, 5) is 45.6. The first-order valence-electron chi connectivity index (χ1n) is 18.9. The van der Waals surface area contributed by atoms with E-state index in [1.807, 2.05) is 25.7 Å². The van der Waals surface area contributed by atoms with Gasteiger partial charge in [0, 0.05) is 51.3 Å². The molecule has 0 spiro atoms. The van der Waals surface area contributed by atoms with Crippen LogP contribution in [-0.4, -0.2) is 105 Å². The number of ether oxygens (including phenoxy) is 1. The van der Waals surface area contributed by atoms with Crippen molar-refractivity contribution in [3.05, 3.63) is 11.8 Å². The molecule has 7 aliphatic rings. The van der Waals surface area contributed by atoms with Gasteiger partial charge in [0.1, 0.15) is 11.6 Å². The molecule has 4 aliphatic carbocycles. The average Bonchev–Trinajstić information content (AvgIpc) is 3.64. The van der Waals surface area contributed by atoms with E-state index in [-0.39, 0.29) is 58.9 Å². The summed E-state index contributed by atoms with van der Waals surface area (Å²) in [6.45, 7) is 13.8. The second kappa shape index (κ2) is 12.1. The predicted molar refractivity (Wildman–Crippen MR) is 178 cm³/mol. The fourth-order valence-corrected chi connectivity index (χ4v) is 12.5. The Bertz CT molecular complexity index is 1290. The van der Waals surface area contributed by atoms with Crippen LogP contribution in [0.5, 0.6) is 0 Å². The van der Waals surface area contributed by atoms with Crippen LogP contribution in [0.2, 0.25) is 0 Å². The van der Waals surface area contributed by atoms with E-state index in [1.165, 1.54) is 38.2 Å². The van der Waals surface area contributed by atoms with Gasteiger partial charge in [-0.15, -0.1) is 0 Å². The number of carbonyl (C=O) groups is 3. The fourth-order valence-electron chi connectivity index (χ4n) is 12.5. The number of hydrogen-bond donors (Lipinski definition) is 2. The zero-order valence-corrected chi connectivity index (χ0v) is 29.5. The van der Waals surface area contributed by atoms with Gasteiger partial charge in [-0.3, -0.25) is 19.3 Å². The lowest BCUT2D eigenvalue weighted by atomic mass is 9.44. The molecule has 9 nitrogen and oxygen atoms in total. The third-order valence-electron chi connectivity index (χ3n) is 14.7. The highest BCUT2D eigenvalue weighted by molar-refractivity contribution is 6.03. The lowest BCUT2D eigenvalue weighted by Crippen LogP contribution is -2.63. The number of amides is 2. The van der Waals surface area contributed by atoms with Crippen molar-refractivity contribution in [1.29, 1.82) is 0 Å². The number of aliphatic hydroxyl groups is 2. The Hall–Kier alpha value is -1.97. The Kier molecular flexibility index (Phi) is 8.64. The maximum absolute atomic E-state index is 13.8. The molecule has 3 heterocycles. The molecule has 0 aromatic heterocycles. The maximum atomic E-state index is 13.8. The van der Waals surface area contributed by atoms with E-state index in [9.17, 15) is 24.6 Å². The largest absolute Gasteiger partial charge is 0.481 e. The predicted octanol–water partition coefficient (Wildman–Crippen LogP) is 4.15. The minimum Gasteiger partial charge on any atom is -0.481 e. The van der Waals surface area contributed by atoms with E-state index in [4.69, 9.17) is 4.74 Å². The third-order valence-corrected chi connectivity index (χ3v) is 14.7. The Balaban J connectivity index is 0.994. The molecular weight excluding hydrogens is 594 g/mol. The fraction of sp³-hybridized carbons (Fsp3) is 0.868. The van der Waals surface area contributed by atoms with E-state index in [0.29, 0.717) is 49.7 Å². The maximum Gasteiger partial charge on any atom is 0.289 e. The van der Waals surface area contributed by atoms with Crippen molar-refractivity contribution >= 4 is 17.6 Å². The smallest absolute Gasteiger partial charge is 0.289 e. The van der Waals surface area contributed by atoms with Crippen LogP contribution >= 0.6 is 0 Å². The van der Waals surface area contributed by atoms with Crippen LogP contribution in [0.25, 0.3) is 0 Å². The second-order valence-electron chi connectivity index (χ2n) is 17.7. The lowest BCUT2D eigenvalue weighted by Gasteiger charge is -2.63. The highest BCUT2D eigenvalue weighted by Crippen LogP contribution is 2.68. The minimum atomic E-state index is -0.735. The summed E-state index contributed by atoms with van der Waals surface area (Å²) >= 11 is 0. The van der Waals surface area contributed by atoms with Gasteiger partial charge < -0.3 is 24.7 Å². The van der Waals surface area contributed by atoms with Crippen molar-refractivity contribution in [2.24, 2.45) is 40.4 Å². The van der Waals surface area contributed by atoms with Gasteiger partial charge in [0.2, 0.25) is 5.91 Å². The normalized spacial score (nSPS) is 44.1. The van der Waals surface area contributed by atoms with Crippen LogP contribution in [-0.2, 0) is 19.1 Å². The summed E-state index contributed by atoms with van der Waals surface area (Å²) in [5, 5.41) is 22.2. The molecule has 3 aliphatic heterocycles. The molecule has 47 heavy (non-hydrogen) atoms. The van der Waals surface area contributed by atoms with Crippen molar-refractivity contribution in [2.45, 2.75) is 135 Å². The second-order valence-corrected chi connectivity index (χ2v) is 17.7. The summed E-state index contributed by atoms with van der Waals surface area (Å²) in [6.07, 6.45) is 11.6. The van der Waals surface area contributed by atoms with Gasteiger partial charge in [-0.25, -0.2) is 0 Å². The molecule has 11 atom stereocenters. The third kappa shape index (κ3) is 5.68. The average molecular weight is 654 g/mol. The van der Waals surface area contributed by atoms with E-state index in [2.05, 4.69) is 18.7 Å². The number of nitrogens with zero attached hydrogens (tertiary/aromatic N) is 3. The number of hydrogen-bond acceptors (Lipinski definition) is 7. The molecule has 2 saturated heterocycles. The number of piperazine rings is 1. The molecule has 2 N–H and O–H groups in total. The zero-order valence-electron chi connectivity index (χ0n) is 29.5. The van der Waals surface area contributed by atoms with Gasteiger partial charge in [-0.2, -0.15) is 0 Å². The van der Waals surface area contributed by atoms with Crippen LogP contribution in [0.4, 0.5) is 0 Å². The molecule has 0 bridgehead atoms. The Morgan fingerprint density at radius 1 is 0.936 bits per heavy atom. The van der Waals surface area contributed by atoms with Gasteiger partial charge >= 0.3 is 0 Å². The number of fused-ring (bicyclic) bond motifs is 5. The summed E-state index contributed by atoms with van der Waals surface area (Å²) in [5.74, 6) is 2.64. The Labute approximate surface area is 281 Å². The summed E-state index contributed by atoms with van der Waals surface area (Å²) in [5.41, 5.74) is -0.273. The van der Waals surface area contributed by atoms with E-state index in [1.54, 1.807) is 4.90 Å². The molecule has 7 rings (SSSR count). The standard InChI is InChI=1S/C38H59N3O6/c1-23(42)27-10-11-28-26-9-8-24-19-32(44)31(22-38(24,5)29(26)12-13-37(27,28)4)39-15-17-40(18-16-39)34(45)30-7-6-14-41(30)35(46)33-20-25(43)21-36(2,3)47-33/h20,23-24,26-32,42,44H,6-19,21-22H2,1-5H3/t23-,24+,26+,27-,28+,29+,30-,31+,32+,37-,38+/m1/s1. The van der Waals surface area contributed by atoms with Crippen LogP contribution < -0.4 is 0 Å². The van der Waals surface area contributed by atoms with Crippen molar-refractivity contribution in [3.63, 3.8) is 0 Å². The quantitative estimate of drug-likeness (QED) is 0.469. The molecule has 0 unspecified atom stereocenters. The van der Waals surface area contributed by atoms with E-state index in [0.717, 1.165) is 44.7 Å². The van der Waals surface area contributed by atoms with E-state index >= 15 is 0 Å². The number of ketones is 1. The van der Waals surface area contributed by atoms with Crippen LogP contribution in [0.3, 0.4) is 0 Å². The number of likely N-dealkylation sites (tertiary alicyclic amines) is 1. The van der Waals surface area contributed by atoms with Gasteiger partial charge in [-0.05, 0) is 125 Å². The highest BCUT2D eigenvalue weighted by atomic mass is 16.5. The Morgan fingerprint density at radius 3 is 2.36 bits per heavy atom. The van der Waals surface area contributed by atoms with Crippen molar-refractivity contribution in [3.8, 4) is 0 Å². The minimum absolute atomic E-state index is 0.0128. The molecule has 0 radical (unpaired) electrons. The van der Waals surface area contributed by atoms with Gasteiger partial charge in [-0.1, -0.05) is 13.8 Å². The first kappa shape index (κ1) is 33.5. The van der Waals surface area contributed by atoms with Crippen molar-refractivity contribution in [1.82, 2.24) is 14.7 Å². The topological polar surface area (TPSA) is 111 Å². The molecule has 4 saturated carbocycles. The number of aliphatic hydroxyl groups excluding tert-OH is 2. The molecule has 6 fully saturated rings. The van der Waals surface area contributed by atoms with Gasteiger partial charge in [0.15, 0.2) is 11.5 Å². The highest BCUT2D eigenvalue weighted by Gasteiger charge is 2.62. The molecule has 262 valence electrons. The summed E-state index contributed by atoms with van der Waals surface area (Å²) < 4.78 is 5.89. The van der Waals surface area contributed by atoms with Crippen molar-refractivity contribution < 1.29 is 29.3 Å². The number of rotatable bonds is 4. The summed E-state index contributed by atoms with van der Waals surface area (Å²) in [6, 6.07) is -0.422. The molecule has 0 aromatic rings. The molecule has 2 amide bonds. The summed E-state index contributed by atoms with van der Waals surface area (Å²) in [7, 11) is 0. The molecular formula is C38H59N3O6. The van der Waals surface area contributed by atoms with Gasteiger partial charge in [0.25, 0.3) is 5.91 Å². The first-order valence-corrected chi connectivity index (χ1v) is 18.9. The van der Waals surface area contributed by atoms with E-state index < -0.39 is 11.6 Å². The molecule has 9 heteroatoms.